The summed E-state index contributed by atoms with van der Waals surface area (Å²) in [6.45, 7) is -3.03. The molecule has 13 heteroatoms. The number of alkyl halides is 3. The van der Waals surface area contributed by atoms with Crippen molar-refractivity contribution < 1.29 is 39.5 Å². The van der Waals surface area contributed by atoms with Gasteiger partial charge >= 0.3 is 5.51 Å². The van der Waals surface area contributed by atoms with E-state index < -0.39 is 48.6 Å². The first kappa shape index (κ1) is 50.4. The maximum Gasteiger partial charge on any atom is 0.485 e. The summed E-state index contributed by atoms with van der Waals surface area (Å²) in [7, 11) is -12.9. The van der Waals surface area contributed by atoms with E-state index in [0.717, 1.165) is 27.5 Å². The summed E-state index contributed by atoms with van der Waals surface area (Å²) in [6.07, 6.45) is 0. The standard InChI is InChI=1S/C49H40OP3.C6H4F2.CHF3O3S/c50-53(47-37-21-7-22-38-47,48-39-23-8-24-40-48)49(51(41-25-9-1-10-26-41,42-27-11-2-12-28-42)43-29-13-3-14-30-43)52(44-31-15-4-16-32-44,45-33-17-5-18-34-45)46-35-19-6-20-36-46;7-5-3-1-2-4-6(5)8;2-1(3,4)8(5,6)7/h1-40H;1-4H;(H,5,6,7)/q+1;;/p-1. The summed E-state index contributed by atoms with van der Waals surface area (Å²) in [5.74, 6) is -1.60. The molecular formula is C56H44F5O4P3S. The lowest BCUT2D eigenvalue weighted by Gasteiger charge is -2.41. The van der Waals surface area contributed by atoms with E-state index in [9.17, 15) is 22.0 Å². The summed E-state index contributed by atoms with van der Waals surface area (Å²) >= 11 is 0. The van der Waals surface area contributed by atoms with Crippen LogP contribution in [0.3, 0.4) is 0 Å². The van der Waals surface area contributed by atoms with Gasteiger partial charge < -0.3 is 9.12 Å². The second-order valence-corrected chi connectivity index (χ2v) is 27.1. The first-order valence-corrected chi connectivity index (χ1v) is 28.1. The monoisotopic (exact) mass is 1000 g/mol. The molecule has 9 aromatic carbocycles. The van der Waals surface area contributed by atoms with Gasteiger partial charge in [-0.1, -0.05) is 218 Å². The molecule has 0 aliphatic rings. The van der Waals surface area contributed by atoms with Crippen molar-refractivity contribution in [1.29, 1.82) is 0 Å². The van der Waals surface area contributed by atoms with E-state index >= 15 is 4.57 Å². The molecule has 9 rings (SSSR count). The number of rotatable bonds is 10. The highest BCUT2D eigenvalue weighted by atomic mass is 32.2. The van der Waals surface area contributed by atoms with Gasteiger partial charge in [-0.3, -0.25) is 0 Å². The van der Waals surface area contributed by atoms with Crippen LogP contribution in [0.5, 0.6) is 0 Å². The third kappa shape index (κ3) is 10.6. The predicted molar refractivity (Wildman–Crippen MR) is 277 cm³/mol. The zero-order valence-corrected chi connectivity index (χ0v) is 40.2. The molecule has 0 fully saturated rings. The van der Waals surface area contributed by atoms with Crippen molar-refractivity contribution in [3.05, 3.63) is 279 Å². The Morgan fingerprint density at radius 2 is 0.580 bits per heavy atom. The van der Waals surface area contributed by atoms with E-state index in [2.05, 4.69) is 206 Å². The van der Waals surface area contributed by atoms with Crippen molar-refractivity contribution >= 4 is 78.6 Å². The van der Waals surface area contributed by atoms with Crippen LogP contribution in [-0.4, -0.2) is 23.3 Å². The molecule has 0 aromatic heterocycles. The quantitative estimate of drug-likeness (QED) is 0.0592. The fraction of sp³-hybridized carbons (Fsp3) is 0.0179. The van der Waals surface area contributed by atoms with Gasteiger partial charge in [-0.05, 0) is 64.4 Å². The van der Waals surface area contributed by atoms with E-state index in [-0.39, 0.29) is 0 Å². The molecule has 0 unspecified atom stereocenters. The van der Waals surface area contributed by atoms with Crippen LogP contribution in [0.25, 0.3) is 0 Å². The average molecular weight is 1000 g/mol. The number of hydrogen-bond acceptors (Lipinski definition) is 4. The Bertz CT molecular complexity index is 3000. The Morgan fingerprint density at radius 3 is 0.797 bits per heavy atom. The number of hydrogen-bond donors (Lipinski definition) is 0. The first-order valence-electron chi connectivity index (χ1n) is 21.4. The van der Waals surface area contributed by atoms with Gasteiger partial charge in [-0.25, -0.2) is 17.2 Å². The van der Waals surface area contributed by atoms with Gasteiger partial charge in [-0.2, -0.15) is 13.2 Å². The highest BCUT2D eigenvalue weighted by Gasteiger charge is 2.61. The maximum absolute atomic E-state index is 18.1. The van der Waals surface area contributed by atoms with Crippen LogP contribution < -0.4 is 42.4 Å². The second kappa shape index (κ2) is 22.3. The molecular weight excluding hydrogens is 957 g/mol. The van der Waals surface area contributed by atoms with Crippen molar-refractivity contribution in [1.82, 2.24) is 0 Å². The van der Waals surface area contributed by atoms with Crippen LogP contribution in [0, 0.1) is 11.6 Å². The van der Waals surface area contributed by atoms with Crippen molar-refractivity contribution in [2.75, 3.05) is 0 Å². The summed E-state index contributed by atoms with van der Waals surface area (Å²) in [4.78, 5) is 0. The second-order valence-electron chi connectivity index (χ2n) is 15.2. The van der Waals surface area contributed by atoms with E-state index in [4.69, 9.17) is 13.0 Å². The smallest absolute Gasteiger partial charge is 0.485 e. The van der Waals surface area contributed by atoms with Crippen molar-refractivity contribution in [2.24, 2.45) is 0 Å². The van der Waals surface area contributed by atoms with Gasteiger partial charge in [0.2, 0.25) is 7.14 Å². The molecule has 0 saturated carbocycles. The van der Waals surface area contributed by atoms with Crippen LogP contribution in [0.2, 0.25) is 0 Å². The molecule has 348 valence electrons. The van der Waals surface area contributed by atoms with Crippen LogP contribution in [0.4, 0.5) is 22.0 Å². The molecule has 0 N–H and O–H groups in total. The third-order valence-electron chi connectivity index (χ3n) is 11.1. The summed E-state index contributed by atoms with van der Waals surface area (Å²) < 4.78 is 102. The van der Waals surface area contributed by atoms with Gasteiger partial charge in [0.1, 0.15) is 23.2 Å². The molecule has 0 radical (unpaired) electrons. The highest BCUT2D eigenvalue weighted by Crippen LogP contribution is 2.75. The van der Waals surface area contributed by atoms with E-state index in [1.54, 1.807) is 0 Å². The minimum absolute atomic E-state index is 0.799. The van der Waals surface area contributed by atoms with Gasteiger partial charge in [0.05, 0.1) is 0 Å². The summed E-state index contributed by atoms with van der Waals surface area (Å²) in [5, 5.41) is 8.70. The van der Waals surface area contributed by atoms with E-state index in [1.165, 1.54) is 44.0 Å². The lowest BCUT2D eigenvalue weighted by Crippen LogP contribution is -2.43. The largest absolute Gasteiger partial charge is 0.741 e. The zero-order chi connectivity index (χ0) is 49.0. The third-order valence-corrected chi connectivity index (χ3v) is 27.2. The van der Waals surface area contributed by atoms with Crippen LogP contribution in [0.15, 0.2) is 267 Å². The minimum atomic E-state index is -6.09. The average Bonchev–Trinajstić information content (AvgIpc) is 3.39. The maximum atomic E-state index is 18.1. The lowest BCUT2D eigenvalue weighted by molar-refractivity contribution is -0.0517. The van der Waals surface area contributed by atoms with E-state index in [0.29, 0.717) is 0 Å². The molecule has 0 heterocycles. The lowest BCUT2D eigenvalue weighted by atomic mass is 10.3. The molecule has 0 atom stereocenters. The molecule has 0 bridgehead atoms. The normalized spacial score (nSPS) is 11.8. The van der Waals surface area contributed by atoms with Crippen LogP contribution >= 0.6 is 21.3 Å². The first-order chi connectivity index (χ1) is 33.3. The van der Waals surface area contributed by atoms with Gasteiger partial charge in [0.15, 0.2) is 26.5 Å². The zero-order valence-electron chi connectivity index (χ0n) is 36.7. The molecule has 0 spiro atoms. The molecule has 0 amide bonds. The van der Waals surface area contributed by atoms with Crippen molar-refractivity contribution in [3.63, 3.8) is 0 Å². The predicted octanol–water partition coefficient (Wildman–Crippen LogP) is 11.1. The fourth-order valence-electron chi connectivity index (χ4n) is 8.24. The molecule has 0 aliphatic carbocycles. The summed E-state index contributed by atoms with van der Waals surface area (Å²) in [5.41, 5.74) is -5.65. The number of benzene rings is 9. The number of halogens is 5. The molecule has 4 nitrogen and oxygen atoms in total. The van der Waals surface area contributed by atoms with Crippen molar-refractivity contribution in [2.45, 2.75) is 5.51 Å². The molecule has 0 aliphatic heterocycles. The Kier molecular flexibility index (Phi) is 16.3. The Balaban J connectivity index is 0.000000375. The fourth-order valence-corrected chi connectivity index (χ4v) is 27.8. The Labute approximate surface area is 400 Å². The molecule has 0 saturated heterocycles. The van der Waals surface area contributed by atoms with E-state index in [1.807, 2.05) is 36.4 Å². The van der Waals surface area contributed by atoms with Gasteiger partial charge in [0.25, 0.3) is 0 Å². The molecule has 69 heavy (non-hydrogen) atoms. The van der Waals surface area contributed by atoms with Gasteiger partial charge in [-0.15, -0.1) is 0 Å². The Hall–Kier alpha value is -6.50. The minimum Gasteiger partial charge on any atom is -0.741 e. The van der Waals surface area contributed by atoms with Crippen molar-refractivity contribution in [3.8, 4) is 0 Å². The topological polar surface area (TPSA) is 74.3 Å². The highest BCUT2D eigenvalue weighted by molar-refractivity contribution is 8.36. The van der Waals surface area contributed by atoms with Crippen LogP contribution in [-0.2, 0) is 14.7 Å². The SMILES string of the molecule is Fc1ccccc1F.O=P(C(=P(c1ccccc1)(c1ccccc1)c1ccccc1)[P+](c1ccccc1)(c1ccccc1)c1ccccc1)(c1ccccc1)c1ccccc1.O=S(=O)([O-])C(F)(F)F. The van der Waals surface area contributed by atoms with Crippen LogP contribution in [0.1, 0.15) is 0 Å². The van der Waals surface area contributed by atoms with Gasteiger partial charge in [0, 0.05) is 17.5 Å². The molecule has 9 aromatic rings. The summed E-state index contributed by atoms with van der Waals surface area (Å²) in [6, 6.07) is 91.4. The Morgan fingerprint density at radius 1 is 0.377 bits per heavy atom.